The summed E-state index contributed by atoms with van der Waals surface area (Å²) in [6, 6.07) is 5.17. The topological polar surface area (TPSA) is 87.5 Å². The third-order valence-electron chi connectivity index (χ3n) is 3.57. The highest BCUT2D eigenvalue weighted by Crippen LogP contribution is 2.24. The van der Waals surface area contributed by atoms with E-state index in [-0.39, 0.29) is 30.5 Å². The van der Waals surface area contributed by atoms with Crippen LogP contribution in [0.4, 0.5) is 0 Å². The molecule has 0 amide bonds. The minimum absolute atomic E-state index is 0. The van der Waals surface area contributed by atoms with Crippen LogP contribution in [0.15, 0.2) is 27.4 Å². The number of guanidine groups is 1. The third-order valence-corrected chi connectivity index (χ3v) is 7.36. The number of nitrogens with zero attached hydrogens (tertiary/aromatic N) is 2. The molecule has 3 N–H and O–H groups in total. The molecule has 0 fully saturated rings. The van der Waals surface area contributed by atoms with Gasteiger partial charge in [0.2, 0.25) is 10.0 Å². The summed E-state index contributed by atoms with van der Waals surface area (Å²) >= 11 is 13.3. The van der Waals surface area contributed by atoms with E-state index in [4.69, 9.17) is 23.2 Å². The summed E-state index contributed by atoms with van der Waals surface area (Å²) in [5, 5.41) is 7.14. The van der Waals surface area contributed by atoms with Crippen LogP contribution in [0.25, 0.3) is 0 Å². The van der Waals surface area contributed by atoms with Gasteiger partial charge in [0.25, 0.3) is 0 Å². The Morgan fingerprint density at radius 3 is 2.48 bits per heavy atom. The molecule has 0 saturated heterocycles. The van der Waals surface area contributed by atoms with Crippen molar-refractivity contribution in [3.05, 3.63) is 38.9 Å². The molecular weight excluding hydrogens is 544 g/mol. The van der Waals surface area contributed by atoms with E-state index in [9.17, 15) is 8.42 Å². The van der Waals surface area contributed by atoms with Gasteiger partial charge >= 0.3 is 0 Å². The molecule has 2 aromatic rings. The van der Waals surface area contributed by atoms with E-state index in [0.29, 0.717) is 33.4 Å². The molecule has 0 atom stereocenters. The minimum Gasteiger partial charge on any atom is -0.355 e. The summed E-state index contributed by atoms with van der Waals surface area (Å²) in [6.07, 6.45) is 0. The number of halogens is 3. The van der Waals surface area contributed by atoms with Crippen LogP contribution in [0.2, 0.25) is 10.2 Å². The molecule has 7 nitrogen and oxygen atoms in total. The number of hydrogen-bond acceptors (Lipinski definition) is 4. The Kier molecular flexibility index (Phi) is 9.86. The molecule has 0 aromatic carbocycles. The van der Waals surface area contributed by atoms with Crippen LogP contribution in [0, 0.1) is 6.92 Å². The van der Waals surface area contributed by atoms with Gasteiger partial charge in [0, 0.05) is 37.8 Å². The molecule has 2 heterocycles. The first-order valence-corrected chi connectivity index (χ1v) is 10.8. The van der Waals surface area contributed by atoms with Gasteiger partial charge in [-0.1, -0.05) is 23.2 Å². The van der Waals surface area contributed by atoms with Crippen molar-refractivity contribution in [1.29, 1.82) is 0 Å². The zero-order chi connectivity index (χ0) is 19.3. The van der Waals surface area contributed by atoms with Gasteiger partial charge in [0.15, 0.2) is 5.96 Å². The average Bonchev–Trinajstić information content (AvgIpc) is 3.14. The Labute approximate surface area is 190 Å². The zero-order valence-electron chi connectivity index (χ0n) is 15.0. The molecule has 27 heavy (non-hydrogen) atoms. The fraction of sp³-hybridized carbons (Fsp3) is 0.400. The van der Waals surface area contributed by atoms with Crippen molar-refractivity contribution >= 4 is 74.5 Å². The molecule has 0 bridgehead atoms. The molecule has 152 valence electrons. The van der Waals surface area contributed by atoms with Crippen molar-refractivity contribution < 1.29 is 8.42 Å². The average molecular weight is 566 g/mol. The summed E-state index contributed by atoms with van der Waals surface area (Å²) in [5.74, 6) is 0.546. The van der Waals surface area contributed by atoms with Gasteiger partial charge < -0.3 is 15.2 Å². The molecule has 0 saturated carbocycles. The second-order valence-electron chi connectivity index (χ2n) is 5.45. The lowest BCUT2D eigenvalue weighted by Crippen LogP contribution is -2.41. The van der Waals surface area contributed by atoms with E-state index < -0.39 is 10.0 Å². The van der Waals surface area contributed by atoms with Crippen LogP contribution in [0.5, 0.6) is 0 Å². The maximum atomic E-state index is 12.1. The van der Waals surface area contributed by atoms with Crippen molar-refractivity contribution in [2.24, 2.45) is 12.0 Å². The highest BCUT2D eigenvalue weighted by Gasteiger charge is 2.15. The van der Waals surface area contributed by atoms with E-state index in [1.165, 1.54) is 11.3 Å². The van der Waals surface area contributed by atoms with Crippen LogP contribution in [-0.2, 0) is 23.6 Å². The Morgan fingerprint density at radius 2 is 1.96 bits per heavy atom. The van der Waals surface area contributed by atoms with Crippen LogP contribution >= 0.6 is 58.5 Å². The number of aromatic nitrogens is 1. The van der Waals surface area contributed by atoms with E-state index in [1.54, 1.807) is 29.8 Å². The molecule has 2 aromatic heterocycles. The molecule has 0 unspecified atom stereocenters. The van der Waals surface area contributed by atoms with Crippen molar-refractivity contribution in [3.63, 3.8) is 0 Å². The summed E-state index contributed by atoms with van der Waals surface area (Å²) in [6.45, 7) is 2.97. The van der Waals surface area contributed by atoms with Gasteiger partial charge in [0.1, 0.15) is 9.36 Å². The summed E-state index contributed by atoms with van der Waals surface area (Å²) < 4.78 is 28.9. The normalized spacial score (nSPS) is 12.0. The number of aliphatic imine (C=N–C) groups is 1. The number of nitrogens with one attached hydrogen (secondary N) is 3. The molecule has 2 rings (SSSR count). The molecule has 0 radical (unpaired) electrons. The quantitative estimate of drug-likeness (QED) is 0.208. The van der Waals surface area contributed by atoms with Gasteiger partial charge in [-0.2, -0.15) is 0 Å². The Hall–Kier alpha value is -0.530. The first kappa shape index (κ1) is 24.5. The van der Waals surface area contributed by atoms with Crippen molar-refractivity contribution in [3.8, 4) is 0 Å². The lowest BCUT2D eigenvalue weighted by Gasteiger charge is -2.13. The first-order chi connectivity index (χ1) is 12.2. The predicted molar refractivity (Wildman–Crippen MR) is 123 cm³/mol. The maximum Gasteiger partial charge on any atom is 0.250 e. The maximum absolute atomic E-state index is 12.1. The van der Waals surface area contributed by atoms with Gasteiger partial charge in [-0.05, 0) is 25.1 Å². The molecule has 0 spiro atoms. The van der Waals surface area contributed by atoms with E-state index >= 15 is 0 Å². The third kappa shape index (κ3) is 6.79. The number of aryl methyl sites for hydroxylation is 1. The van der Waals surface area contributed by atoms with Crippen LogP contribution in [-0.4, -0.2) is 39.1 Å². The molecule has 0 aliphatic carbocycles. The highest BCUT2D eigenvalue weighted by molar-refractivity contribution is 14.0. The van der Waals surface area contributed by atoms with Crippen molar-refractivity contribution in [2.45, 2.75) is 17.7 Å². The zero-order valence-corrected chi connectivity index (χ0v) is 20.5. The summed E-state index contributed by atoms with van der Waals surface area (Å²) in [4.78, 5) is 5.05. The fourth-order valence-electron chi connectivity index (χ4n) is 2.15. The van der Waals surface area contributed by atoms with E-state index in [0.717, 1.165) is 10.6 Å². The highest BCUT2D eigenvalue weighted by atomic mass is 127. The second kappa shape index (κ2) is 10.9. The fourth-order valence-corrected chi connectivity index (χ4v) is 4.92. The SMILES string of the molecule is CN=C(NCCNS(=O)(=O)c1ccc(C)s1)NCc1cc(Cl)c(Cl)n1C.I. The first-order valence-electron chi connectivity index (χ1n) is 7.75. The minimum atomic E-state index is -3.47. The predicted octanol–water partition coefficient (Wildman–Crippen LogP) is 2.96. The molecular formula is C15H22Cl2IN5O2S2. The van der Waals surface area contributed by atoms with Gasteiger partial charge in [-0.25, -0.2) is 13.1 Å². The van der Waals surface area contributed by atoms with Crippen LogP contribution in [0.3, 0.4) is 0 Å². The molecule has 0 aliphatic rings. The van der Waals surface area contributed by atoms with Gasteiger partial charge in [-0.3, -0.25) is 4.99 Å². The van der Waals surface area contributed by atoms with Gasteiger partial charge in [-0.15, -0.1) is 35.3 Å². The van der Waals surface area contributed by atoms with Gasteiger partial charge in [0.05, 0.1) is 11.6 Å². The standard InChI is InChI=1S/C15H21Cl2N5O2S2.HI/c1-10-4-5-13(25-10)26(23,24)21-7-6-19-15(18-2)20-9-11-8-12(16)14(17)22(11)3;/h4-5,8,21H,6-7,9H2,1-3H3,(H2,18,19,20);1H. The van der Waals surface area contributed by atoms with E-state index in [2.05, 4.69) is 20.3 Å². The smallest absolute Gasteiger partial charge is 0.250 e. The second-order valence-corrected chi connectivity index (χ2v) is 9.50. The summed E-state index contributed by atoms with van der Waals surface area (Å²) in [5.41, 5.74) is 0.900. The van der Waals surface area contributed by atoms with Crippen molar-refractivity contribution in [1.82, 2.24) is 19.9 Å². The Bertz CT molecular complexity index is 896. The lowest BCUT2D eigenvalue weighted by atomic mass is 10.4. The largest absolute Gasteiger partial charge is 0.355 e. The number of sulfonamides is 1. The number of thiophene rings is 1. The molecule has 12 heteroatoms. The van der Waals surface area contributed by atoms with Crippen LogP contribution in [0.1, 0.15) is 10.6 Å². The monoisotopic (exact) mass is 565 g/mol. The van der Waals surface area contributed by atoms with Crippen LogP contribution < -0.4 is 15.4 Å². The Balaban J connectivity index is 0.00000364. The summed E-state index contributed by atoms with van der Waals surface area (Å²) in [7, 11) is -0.0117. The number of rotatable bonds is 7. The molecule has 0 aliphatic heterocycles. The lowest BCUT2D eigenvalue weighted by molar-refractivity contribution is 0.582. The van der Waals surface area contributed by atoms with Crippen molar-refractivity contribution in [2.75, 3.05) is 20.1 Å². The van der Waals surface area contributed by atoms with E-state index in [1.807, 2.05) is 14.0 Å². The number of hydrogen-bond donors (Lipinski definition) is 3. The Morgan fingerprint density at radius 1 is 1.26 bits per heavy atom.